The van der Waals surface area contributed by atoms with Gasteiger partial charge in [0.2, 0.25) is 0 Å². The lowest BCUT2D eigenvalue weighted by Crippen LogP contribution is -2.15. The van der Waals surface area contributed by atoms with Gasteiger partial charge < -0.3 is 9.32 Å². The van der Waals surface area contributed by atoms with E-state index in [1.54, 1.807) is 0 Å². The third kappa shape index (κ3) is 6.24. The van der Waals surface area contributed by atoms with Crippen LogP contribution in [0.2, 0.25) is 0 Å². The molecule has 0 atom stereocenters. The van der Waals surface area contributed by atoms with Gasteiger partial charge in [0.25, 0.3) is 0 Å². The van der Waals surface area contributed by atoms with Crippen LogP contribution in [0, 0.1) is 0 Å². The Balaban J connectivity index is 1.25. The molecule has 2 heteroatoms. The Morgan fingerprint density at radius 3 is 1.74 bits per heavy atom. The second kappa shape index (κ2) is 14.4. The van der Waals surface area contributed by atoms with Crippen LogP contribution in [0.3, 0.4) is 0 Å². The lowest BCUT2D eigenvalue weighted by Gasteiger charge is -2.32. The molecule has 0 N–H and O–H groups in total. The minimum absolute atomic E-state index is 0.0349. The van der Waals surface area contributed by atoms with Crippen molar-refractivity contribution in [1.29, 1.82) is 0 Å². The van der Waals surface area contributed by atoms with E-state index in [-0.39, 0.29) is 5.41 Å². The van der Waals surface area contributed by atoms with E-state index in [0.29, 0.717) is 0 Å². The predicted molar refractivity (Wildman–Crippen MR) is 246 cm³/mol. The van der Waals surface area contributed by atoms with Crippen LogP contribution >= 0.6 is 0 Å². The lowest BCUT2D eigenvalue weighted by atomic mass is 9.84. The third-order valence-electron chi connectivity index (χ3n) is 11.4. The summed E-state index contributed by atoms with van der Waals surface area (Å²) in [5.74, 6) is 0. The Hall–Kier alpha value is -7.16. The molecule has 2 nitrogen and oxygen atoms in total. The molecule has 0 aliphatic carbocycles. The van der Waals surface area contributed by atoms with Gasteiger partial charge in [-0.05, 0) is 86.0 Å². The first-order valence-corrected chi connectivity index (χ1v) is 20.1. The summed E-state index contributed by atoms with van der Waals surface area (Å²) in [6, 6.07) is 74.6. The number of fused-ring (bicyclic) bond motifs is 4. The average Bonchev–Trinajstić information content (AvgIpc) is 3.66. The highest BCUT2D eigenvalue weighted by Crippen LogP contribution is 2.48. The Kier molecular flexibility index (Phi) is 8.76. The average molecular weight is 746 g/mol. The van der Waals surface area contributed by atoms with Gasteiger partial charge in [-0.25, -0.2) is 0 Å². The van der Waals surface area contributed by atoms with E-state index >= 15 is 0 Å². The standard InChI is InChI=1S/C56H43NO/c1-56(2,3)42-34-35-52(50(37-42)39-20-8-5-9-21-39)57(43-25-14-24-41(36-43)45-29-17-31-49-47-27-11-13-33-53(47)58-55(45)49)51-32-12-10-26-46(51)48-30-16-23-40-22-15-28-44(54(40)48)38-18-6-4-7-19-38/h4-37H,1-3H3. The van der Waals surface area contributed by atoms with Crippen LogP contribution in [0.25, 0.3) is 77.2 Å². The maximum atomic E-state index is 6.58. The normalized spacial score (nSPS) is 11.7. The molecular weight excluding hydrogens is 703 g/mol. The fraction of sp³-hybridized carbons (Fsp3) is 0.0714. The van der Waals surface area contributed by atoms with Crippen molar-refractivity contribution >= 4 is 49.8 Å². The molecule has 0 unspecified atom stereocenters. The number of hydrogen-bond acceptors (Lipinski definition) is 2. The Labute approximate surface area is 340 Å². The highest BCUT2D eigenvalue weighted by Gasteiger charge is 2.25. The summed E-state index contributed by atoms with van der Waals surface area (Å²) in [7, 11) is 0. The van der Waals surface area contributed by atoms with E-state index in [4.69, 9.17) is 4.42 Å². The highest BCUT2D eigenvalue weighted by molar-refractivity contribution is 6.11. The van der Waals surface area contributed by atoms with Crippen molar-refractivity contribution in [2.24, 2.45) is 0 Å². The molecule has 0 spiro atoms. The van der Waals surface area contributed by atoms with Crippen molar-refractivity contribution in [2.45, 2.75) is 26.2 Å². The molecule has 0 bridgehead atoms. The van der Waals surface area contributed by atoms with Crippen LogP contribution in [0.1, 0.15) is 26.3 Å². The second-order valence-electron chi connectivity index (χ2n) is 16.1. The number of hydrogen-bond donors (Lipinski definition) is 0. The summed E-state index contributed by atoms with van der Waals surface area (Å²) in [4.78, 5) is 2.47. The molecule has 9 aromatic carbocycles. The van der Waals surface area contributed by atoms with Crippen LogP contribution in [-0.4, -0.2) is 0 Å². The third-order valence-corrected chi connectivity index (χ3v) is 11.4. The summed E-state index contributed by atoms with van der Waals surface area (Å²) < 4.78 is 6.58. The van der Waals surface area contributed by atoms with Gasteiger partial charge in [-0.2, -0.15) is 0 Å². The molecule has 10 rings (SSSR count). The number of anilines is 3. The first-order chi connectivity index (χ1) is 28.4. The van der Waals surface area contributed by atoms with Gasteiger partial charge in [0, 0.05) is 33.2 Å². The zero-order valence-electron chi connectivity index (χ0n) is 33.0. The van der Waals surface area contributed by atoms with Crippen LogP contribution < -0.4 is 4.90 Å². The molecule has 0 radical (unpaired) electrons. The Morgan fingerprint density at radius 1 is 0.397 bits per heavy atom. The van der Waals surface area contributed by atoms with E-state index in [2.05, 4.69) is 226 Å². The Morgan fingerprint density at radius 2 is 0.966 bits per heavy atom. The molecule has 0 fully saturated rings. The molecular formula is C56H43NO. The van der Waals surface area contributed by atoms with Gasteiger partial charge in [-0.1, -0.05) is 191 Å². The molecule has 10 aromatic rings. The number of para-hydroxylation sites is 3. The first kappa shape index (κ1) is 35.3. The molecule has 278 valence electrons. The first-order valence-electron chi connectivity index (χ1n) is 20.1. The monoisotopic (exact) mass is 745 g/mol. The van der Waals surface area contributed by atoms with E-state index in [9.17, 15) is 0 Å². The molecule has 0 saturated heterocycles. The second-order valence-corrected chi connectivity index (χ2v) is 16.1. The molecule has 0 amide bonds. The van der Waals surface area contributed by atoms with E-state index in [1.165, 1.54) is 44.2 Å². The molecule has 0 saturated carbocycles. The van der Waals surface area contributed by atoms with Crippen molar-refractivity contribution in [3.8, 4) is 44.5 Å². The SMILES string of the molecule is CC(C)(C)c1ccc(N(c2cccc(-c3cccc4c3oc3ccccc34)c2)c2ccccc2-c2cccc3cccc(-c4ccccc4)c23)c(-c2ccccc2)c1. The van der Waals surface area contributed by atoms with Gasteiger partial charge in [0.15, 0.2) is 0 Å². The summed E-state index contributed by atoms with van der Waals surface area (Å²) in [5.41, 5.74) is 15.6. The largest absolute Gasteiger partial charge is 0.455 e. The van der Waals surface area contributed by atoms with Gasteiger partial charge in [-0.3, -0.25) is 0 Å². The van der Waals surface area contributed by atoms with E-state index in [0.717, 1.165) is 55.7 Å². The molecule has 58 heavy (non-hydrogen) atoms. The van der Waals surface area contributed by atoms with Crippen LogP contribution in [-0.2, 0) is 5.41 Å². The van der Waals surface area contributed by atoms with Crippen molar-refractivity contribution in [1.82, 2.24) is 0 Å². The lowest BCUT2D eigenvalue weighted by molar-refractivity contribution is 0.590. The minimum Gasteiger partial charge on any atom is -0.455 e. The fourth-order valence-corrected chi connectivity index (χ4v) is 8.56. The van der Waals surface area contributed by atoms with Crippen molar-refractivity contribution in [3.05, 3.63) is 212 Å². The Bertz CT molecular complexity index is 3090. The van der Waals surface area contributed by atoms with Gasteiger partial charge in [0.1, 0.15) is 11.2 Å². The molecule has 1 aromatic heterocycles. The van der Waals surface area contributed by atoms with Crippen LogP contribution in [0.5, 0.6) is 0 Å². The zero-order valence-corrected chi connectivity index (χ0v) is 33.0. The number of nitrogens with zero attached hydrogens (tertiary/aromatic N) is 1. The van der Waals surface area contributed by atoms with Gasteiger partial charge >= 0.3 is 0 Å². The zero-order chi connectivity index (χ0) is 39.2. The molecule has 0 aliphatic heterocycles. The fourth-order valence-electron chi connectivity index (χ4n) is 8.56. The predicted octanol–water partition coefficient (Wildman–Crippen LogP) is 16.2. The summed E-state index contributed by atoms with van der Waals surface area (Å²) in [5, 5.41) is 4.69. The molecule has 0 aliphatic rings. The van der Waals surface area contributed by atoms with E-state index in [1.807, 2.05) is 6.07 Å². The van der Waals surface area contributed by atoms with Gasteiger partial charge in [-0.15, -0.1) is 0 Å². The van der Waals surface area contributed by atoms with Gasteiger partial charge in [0.05, 0.1) is 11.4 Å². The van der Waals surface area contributed by atoms with Crippen LogP contribution in [0.15, 0.2) is 211 Å². The number of benzene rings is 9. The quantitative estimate of drug-likeness (QED) is 0.162. The maximum absolute atomic E-state index is 6.58. The highest BCUT2D eigenvalue weighted by atomic mass is 16.3. The van der Waals surface area contributed by atoms with Crippen LogP contribution in [0.4, 0.5) is 17.1 Å². The van der Waals surface area contributed by atoms with Crippen molar-refractivity contribution < 1.29 is 4.42 Å². The van der Waals surface area contributed by atoms with Crippen molar-refractivity contribution in [2.75, 3.05) is 4.90 Å². The van der Waals surface area contributed by atoms with E-state index < -0.39 is 0 Å². The maximum Gasteiger partial charge on any atom is 0.143 e. The summed E-state index contributed by atoms with van der Waals surface area (Å²) in [6.45, 7) is 6.87. The van der Waals surface area contributed by atoms with Crippen molar-refractivity contribution in [3.63, 3.8) is 0 Å². The minimum atomic E-state index is -0.0349. The summed E-state index contributed by atoms with van der Waals surface area (Å²) >= 11 is 0. The smallest absolute Gasteiger partial charge is 0.143 e. The topological polar surface area (TPSA) is 16.4 Å². The number of furan rings is 1. The number of rotatable bonds is 7. The molecule has 1 heterocycles. The summed E-state index contributed by atoms with van der Waals surface area (Å²) in [6.07, 6.45) is 0.